The van der Waals surface area contributed by atoms with E-state index in [1.165, 1.54) is 0 Å². The molecule has 1 atom stereocenters. The average molecular weight is 501 g/mol. The fourth-order valence-electron chi connectivity index (χ4n) is 4.21. The van der Waals surface area contributed by atoms with E-state index < -0.39 is 11.7 Å². The molecule has 0 fully saturated rings. The molecule has 0 aliphatic carbocycles. The number of aliphatic hydroxyl groups is 1. The van der Waals surface area contributed by atoms with Gasteiger partial charge in [-0.1, -0.05) is 54.6 Å². The van der Waals surface area contributed by atoms with Crippen LogP contribution in [0.25, 0.3) is 0 Å². The molecule has 192 valence electrons. The zero-order valence-electron chi connectivity index (χ0n) is 21.3. The summed E-state index contributed by atoms with van der Waals surface area (Å²) >= 11 is 0. The van der Waals surface area contributed by atoms with Gasteiger partial charge in [-0.05, 0) is 65.2 Å². The molecule has 0 bridgehead atoms. The van der Waals surface area contributed by atoms with Crippen molar-refractivity contribution in [3.05, 3.63) is 120 Å². The largest absolute Gasteiger partial charge is 0.497 e. The molecule has 6 nitrogen and oxygen atoms in total. The van der Waals surface area contributed by atoms with E-state index in [4.69, 9.17) is 23.7 Å². The van der Waals surface area contributed by atoms with E-state index >= 15 is 0 Å². The second-order valence-electron chi connectivity index (χ2n) is 8.46. The zero-order chi connectivity index (χ0) is 26.1. The van der Waals surface area contributed by atoms with Crippen LogP contribution in [0.3, 0.4) is 0 Å². The maximum absolute atomic E-state index is 10.9. The van der Waals surface area contributed by atoms with Gasteiger partial charge in [0.25, 0.3) is 0 Å². The van der Waals surface area contributed by atoms with Crippen molar-refractivity contribution in [2.24, 2.45) is 0 Å². The monoisotopic (exact) mass is 500 g/mol. The molecule has 0 saturated carbocycles. The van der Waals surface area contributed by atoms with Gasteiger partial charge in [0.2, 0.25) is 0 Å². The molecule has 0 radical (unpaired) electrons. The minimum absolute atomic E-state index is 0.0309. The highest BCUT2D eigenvalue weighted by Crippen LogP contribution is 2.41. The quantitative estimate of drug-likeness (QED) is 0.261. The Hall–Kier alpha value is -4.00. The van der Waals surface area contributed by atoms with Crippen LogP contribution in [0.15, 0.2) is 103 Å². The van der Waals surface area contributed by atoms with Crippen molar-refractivity contribution in [3.63, 3.8) is 0 Å². The molecule has 0 aliphatic rings. The minimum atomic E-state index is -0.999. The Morgan fingerprint density at radius 3 is 1.41 bits per heavy atom. The molecule has 4 aromatic rings. The summed E-state index contributed by atoms with van der Waals surface area (Å²) in [4.78, 5) is 0. The highest BCUT2D eigenvalue weighted by Gasteiger charge is 2.38. The second-order valence-corrected chi connectivity index (χ2v) is 8.46. The molecular weight excluding hydrogens is 468 g/mol. The van der Waals surface area contributed by atoms with Crippen molar-refractivity contribution in [1.82, 2.24) is 0 Å². The first-order chi connectivity index (χ1) is 18.1. The molecule has 4 rings (SSSR count). The number of hydrogen-bond donors (Lipinski definition) is 1. The Morgan fingerprint density at radius 2 is 0.946 bits per heavy atom. The van der Waals surface area contributed by atoms with Crippen LogP contribution in [0.5, 0.6) is 23.0 Å². The SMILES string of the molecule is COc1ccc(OCC(O)COC(c2ccccc2)(c2ccc(OC)cc2)c2ccc(OC)cc2)cc1. The van der Waals surface area contributed by atoms with Crippen LogP contribution in [0, 0.1) is 0 Å². The summed E-state index contributed by atoms with van der Waals surface area (Å²) in [6.45, 7) is 0.103. The topological polar surface area (TPSA) is 66.4 Å². The fraction of sp³-hybridized carbons (Fsp3) is 0.226. The third-order valence-corrected chi connectivity index (χ3v) is 6.17. The molecule has 1 unspecified atom stereocenters. The van der Waals surface area contributed by atoms with Crippen LogP contribution in [0.4, 0.5) is 0 Å². The van der Waals surface area contributed by atoms with Crippen LogP contribution in [-0.4, -0.2) is 45.8 Å². The third kappa shape index (κ3) is 6.05. The first-order valence-electron chi connectivity index (χ1n) is 12.0. The maximum atomic E-state index is 10.9. The van der Waals surface area contributed by atoms with E-state index in [1.807, 2.05) is 91.0 Å². The van der Waals surface area contributed by atoms with Gasteiger partial charge in [-0.25, -0.2) is 0 Å². The van der Waals surface area contributed by atoms with Crippen molar-refractivity contribution in [2.45, 2.75) is 11.7 Å². The number of methoxy groups -OCH3 is 3. The summed E-state index contributed by atoms with van der Waals surface area (Å²) in [5, 5.41) is 10.9. The highest BCUT2D eigenvalue weighted by molar-refractivity contribution is 5.49. The molecule has 4 aromatic carbocycles. The van der Waals surface area contributed by atoms with Crippen molar-refractivity contribution in [2.75, 3.05) is 34.5 Å². The lowest BCUT2D eigenvalue weighted by molar-refractivity contribution is -0.0494. The molecule has 0 amide bonds. The van der Waals surface area contributed by atoms with E-state index in [1.54, 1.807) is 33.5 Å². The van der Waals surface area contributed by atoms with Crippen LogP contribution < -0.4 is 18.9 Å². The van der Waals surface area contributed by atoms with E-state index in [2.05, 4.69) is 0 Å². The third-order valence-electron chi connectivity index (χ3n) is 6.17. The van der Waals surface area contributed by atoms with Crippen molar-refractivity contribution < 1.29 is 28.8 Å². The number of hydrogen-bond acceptors (Lipinski definition) is 6. The number of aliphatic hydroxyl groups excluding tert-OH is 1. The molecular formula is C31H32O6. The number of benzene rings is 4. The summed E-state index contributed by atoms with van der Waals surface area (Å²) < 4.78 is 28.4. The van der Waals surface area contributed by atoms with E-state index in [0.29, 0.717) is 5.75 Å². The summed E-state index contributed by atoms with van der Waals surface area (Å²) in [5.41, 5.74) is 1.72. The lowest BCUT2D eigenvalue weighted by Crippen LogP contribution is -2.37. The smallest absolute Gasteiger partial charge is 0.143 e. The maximum Gasteiger partial charge on any atom is 0.143 e. The van der Waals surface area contributed by atoms with E-state index in [0.717, 1.165) is 33.9 Å². The number of rotatable bonds is 12. The summed E-state index contributed by atoms with van der Waals surface area (Å²) in [5.74, 6) is 2.86. The predicted octanol–water partition coefficient (Wildman–Crippen LogP) is 5.46. The Balaban J connectivity index is 1.66. The highest BCUT2D eigenvalue weighted by atomic mass is 16.5. The lowest BCUT2D eigenvalue weighted by atomic mass is 9.80. The van der Waals surface area contributed by atoms with Gasteiger partial charge in [-0.3, -0.25) is 0 Å². The standard InChI is InChI=1S/C31H32O6/c1-33-27-13-9-24(10-14-27)31(23-7-5-4-6-8-23,25-11-15-28(34-2)16-12-25)37-22-26(32)21-36-30-19-17-29(35-3)18-20-30/h4-20,26,32H,21-22H2,1-3H3. The van der Waals surface area contributed by atoms with Gasteiger partial charge in [0.1, 0.15) is 41.3 Å². The van der Waals surface area contributed by atoms with Crippen molar-refractivity contribution in [3.8, 4) is 23.0 Å². The Kier molecular flexibility index (Phi) is 8.67. The normalized spacial score (nSPS) is 12.0. The first kappa shape index (κ1) is 26.1. The minimum Gasteiger partial charge on any atom is -0.497 e. The van der Waals surface area contributed by atoms with Crippen molar-refractivity contribution >= 4 is 0 Å². The molecule has 0 aliphatic heterocycles. The van der Waals surface area contributed by atoms with E-state index in [-0.39, 0.29) is 13.2 Å². The van der Waals surface area contributed by atoms with Crippen LogP contribution >= 0.6 is 0 Å². The Labute approximate surface area is 218 Å². The number of ether oxygens (including phenoxy) is 5. The fourth-order valence-corrected chi connectivity index (χ4v) is 4.21. The predicted molar refractivity (Wildman–Crippen MR) is 143 cm³/mol. The van der Waals surface area contributed by atoms with Gasteiger partial charge in [-0.15, -0.1) is 0 Å². The molecule has 37 heavy (non-hydrogen) atoms. The average Bonchev–Trinajstić information content (AvgIpc) is 2.97. The molecule has 0 aromatic heterocycles. The summed E-state index contributed by atoms with van der Waals surface area (Å²) in [6, 6.07) is 32.7. The Bertz CT molecular complexity index is 1170. The van der Waals surface area contributed by atoms with Gasteiger partial charge in [0.05, 0.1) is 27.9 Å². The molecule has 6 heteroatoms. The van der Waals surface area contributed by atoms with Crippen LogP contribution in [-0.2, 0) is 10.3 Å². The molecule has 0 heterocycles. The van der Waals surface area contributed by atoms with Crippen LogP contribution in [0.1, 0.15) is 16.7 Å². The van der Waals surface area contributed by atoms with E-state index in [9.17, 15) is 5.11 Å². The van der Waals surface area contributed by atoms with Crippen molar-refractivity contribution in [1.29, 1.82) is 0 Å². The van der Waals surface area contributed by atoms with Gasteiger partial charge >= 0.3 is 0 Å². The summed E-state index contributed by atoms with van der Waals surface area (Å²) in [6.07, 6.45) is -0.873. The summed E-state index contributed by atoms with van der Waals surface area (Å²) in [7, 11) is 4.89. The van der Waals surface area contributed by atoms with Gasteiger partial charge in [0.15, 0.2) is 0 Å². The van der Waals surface area contributed by atoms with Gasteiger partial charge in [-0.2, -0.15) is 0 Å². The second kappa shape index (κ2) is 12.3. The van der Waals surface area contributed by atoms with Gasteiger partial charge in [0, 0.05) is 0 Å². The van der Waals surface area contributed by atoms with Crippen LogP contribution in [0.2, 0.25) is 0 Å². The molecule has 1 N–H and O–H groups in total. The first-order valence-corrected chi connectivity index (χ1v) is 12.0. The zero-order valence-corrected chi connectivity index (χ0v) is 21.3. The molecule has 0 spiro atoms. The Morgan fingerprint density at radius 1 is 0.541 bits per heavy atom. The van der Waals surface area contributed by atoms with Gasteiger partial charge < -0.3 is 28.8 Å². The lowest BCUT2D eigenvalue weighted by Gasteiger charge is -2.36. The molecule has 0 saturated heterocycles.